The molecule has 0 aliphatic carbocycles. The molecule has 0 fully saturated rings. The molecule has 0 radical (unpaired) electrons. The minimum Gasteiger partial charge on any atom is -0.357 e. The molecular formula is C18H27N5O2S. The number of aromatic nitrogens is 2. The van der Waals surface area contributed by atoms with Crippen molar-refractivity contribution in [2.75, 3.05) is 19.3 Å². The van der Waals surface area contributed by atoms with E-state index in [1.54, 1.807) is 13.0 Å². The Morgan fingerprint density at radius 1 is 1.27 bits per heavy atom. The number of hydrogen-bond donors (Lipinski definition) is 2. The summed E-state index contributed by atoms with van der Waals surface area (Å²) in [5, 5.41) is 10.7. The fourth-order valence-electron chi connectivity index (χ4n) is 2.62. The van der Waals surface area contributed by atoms with Crippen LogP contribution in [0.2, 0.25) is 0 Å². The number of nitrogens with zero attached hydrogens (tertiary/aromatic N) is 3. The third-order valence-electron chi connectivity index (χ3n) is 3.80. The first kappa shape index (κ1) is 20.0. The number of nitrogens with one attached hydrogen (secondary N) is 2. The molecule has 2 aromatic rings. The molecule has 0 aliphatic heterocycles. The van der Waals surface area contributed by atoms with Crippen molar-refractivity contribution in [1.82, 2.24) is 20.4 Å². The lowest BCUT2D eigenvalue weighted by Crippen LogP contribution is -2.38. The first-order chi connectivity index (χ1) is 12.3. The van der Waals surface area contributed by atoms with Crippen LogP contribution in [0.15, 0.2) is 40.5 Å². The van der Waals surface area contributed by atoms with Gasteiger partial charge >= 0.3 is 0 Å². The molecule has 1 aromatic carbocycles. The molecule has 2 rings (SSSR count). The molecular weight excluding hydrogens is 350 g/mol. The predicted molar refractivity (Wildman–Crippen MR) is 104 cm³/mol. The second kappa shape index (κ2) is 8.84. The molecule has 0 amide bonds. The summed E-state index contributed by atoms with van der Waals surface area (Å²) in [5.74, 6) is 0.723. The molecule has 0 saturated carbocycles. The van der Waals surface area contributed by atoms with Crippen LogP contribution in [0.3, 0.4) is 0 Å². The molecule has 1 heterocycles. The Morgan fingerprint density at radius 3 is 2.62 bits per heavy atom. The van der Waals surface area contributed by atoms with Crippen LogP contribution >= 0.6 is 0 Å². The number of hydrogen-bond acceptors (Lipinski definition) is 4. The van der Waals surface area contributed by atoms with Crippen LogP contribution in [0.1, 0.15) is 23.6 Å². The Kier molecular flexibility index (Phi) is 6.79. The van der Waals surface area contributed by atoms with Crippen molar-refractivity contribution in [3.63, 3.8) is 0 Å². The van der Waals surface area contributed by atoms with Crippen molar-refractivity contribution in [1.29, 1.82) is 0 Å². The van der Waals surface area contributed by atoms with Gasteiger partial charge in [0.2, 0.25) is 0 Å². The monoisotopic (exact) mass is 377 g/mol. The summed E-state index contributed by atoms with van der Waals surface area (Å²) in [5.41, 5.74) is 2.85. The minimum atomic E-state index is -3.20. The van der Waals surface area contributed by atoms with Gasteiger partial charge in [-0.25, -0.2) is 13.4 Å². The van der Waals surface area contributed by atoms with Crippen molar-refractivity contribution < 1.29 is 8.42 Å². The van der Waals surface area contributed by atoms with Gasteiger partial charge in [0.15, 0.2) is 15.8 Å². The highest BCUT2D eigenvalue weighted by Crippen LogP contribution is 2.17. The van der Waals surface area contributed by atoms with Gasteiger partial charge in [0.1, 0.15) is 0 Å². The second-order valence-electron chi connectivity index (χ2n) is 6.27. The first-order valence-electron chi connectivity index (χ1n) is 8.60. The van der Waals surface area contributed by atoms with Crippen molar-refractivity contribution in [3.05, 3.63) is 47.3 Å². The van der Waals surface area contributed by atoms with Crippen LogP contribution in [0.5, 0.6) is 0 Å². The Bertz CT molecular complexity index is 871. The zero-order chi connectivity index (χ0) is 19.2. The zero-order valence-electron chi connectivity index (χ0n) is 15.8. The van der Waals surface area contributed by atoms with Crippen LogP contribution < -0.4 is 10.6 Å². The number of sulfone groups is 1. The highest BCUT2D eigenvalue weighted by Gasteiger charge is 2.10. The van der Waals surface area contributed by atoms with E-state index in [2.05, 4.69) is 20.7 Å². The van der Waals surface area contributed by atoms with E-state index in [-0.39, 0.29) is 0 Å². The summed E-state index contributed by atoms with van der Waals surface area (Å²) in [4.78, 5) is 4.93. The molecule has 0 saturated heterocycles. The summed E-state index contributed by atoms with van der Waals surface area (Å²) in [6.45, 7) is 8.52. The smallest absolute Gasteiger partial charge is 0.191 e. The topological polar surface area (TPSA) is 88.4 Å². The van der Waals surface area contributed by atoms with Crippen LogP contribution in [-0.2, 0) is 22.9 Å². The number of rotatable bonds is 7. The quantitative estimate of drug-likeness (QED) is 0.566. The lowest BCUT2D eigenvalue weighted by molar-refractivity contribution is 0.597. The number of guanidine groups is 1. The molecule has 0 bridgehead atoms. The van der Waals surface area contributed by atoms with Gasteiger partial charge in [0.25, 0.3) is 0 Å². The number of aliphatic imine (C=N–C) groups is 1. The van der Waals surface area contributed by atoms with Gasteiger partial charge < -0.3 is 10.6 Å². The molecule has 0 atom stereocenters. The highest BCUT2D eigenvalue weighted by molar-refractivity contribution is 7.90. The van der Waals surface area contributed by atoms with Crippen LogP contribution in [0, 0.1) is 13.8 Å². The molecule has 142 valence electrons. The van der Waals surface area contributed by atoms with Gasteiger partial charge in [0.05, 0.1) is 24.2 Å². The van der Waals surface area contributed by atoms with Crippen LogP contribution in [-0.4, -0.2) is 43.5 Å². The summed E-state index contributed by atoms with van der Waals surface area (Å²) in [7, 11) is -3.20. The van der Waals surface area contributed by atoms with Crippen LogP contribution in [0.25, 0.3) is 0 Å². The Hall–Kier alpha value is -2.35. The van der Waals surface area contributed by atoms with Gasteiger partial charge in [-0.1, -0.05) is 12.1 Å². The van der Waals surface area contributed by atoms with Gasteiger partial charge in [-0.2, -0.15) is 5.10 Å². The highest BCUT2D eigenvalue weighted by atomic mass is 32.2. The lowest BCUT2D eigenvalue weighted by Gasteiger charge is -2.12. The zero-order valence-corrected chi connectivity index (χ0v) is 16.6. The van der Waals surface area contributed by atoms with Crippen molar-refractivity contribution in [2.45, 2.75) is 38.8 Å². The first-order valence-corrected chi connectivity index (χ1v) is 10.5. The molecule has 0 spiro atoms. The standard InChI is InChI=1S/C18H27N5O2S/c1-5-19-18(20-8-9-23-13-14(2)11-22-23)21-12-16-6-7-17(15(3)10-16)26(4,24)25/h6-7,10-11,13H,5,8-9,12H2,1-4H3,(H2,19,20,21). The van der Waals surface area contributed by atoms with Crippen molar-refractivity contribution in [3.8, 4) is 0 Å². The van der Waals surface area contributed by atoms with Crippen molar-refractivity contribution >= 4 is 15.8 Å². The fourth-order valence-corrected chi connectivity index (χ4v) is 3.58. The number of aryl methyl sites for hydroxylation is 2. The summed E-state index contributed by atoms with van der Waals surface area (Å²) in [6.07, 6.45) is 5.06. The Balaban J connectivity index is 1.98. The fraction of sp³-hybridized carbons (Fsp3) is 0.444. The van der Waals surface area contributed by atoms with Gasteiger partial charge in [0, 0.05) is 25.5 Å². The molecule has 0 aliphatic rings. The third-order valence-corrected chi connectivity index (χ3v) is 5.06. The summed E-state index contributed by atoms with van der Waals surface area (Å²) in [6, 6.07) is 5.33. The van der Waals surface area contributed by atoms with Gasteiger partial charge in [-0.05, 0) is 43.5 Å². The number of benzene rings is 1. The van der Waals surface area contributed by atoms with E-state index < -0.39 is 9.84 Å². The normalized spacial score (nSPS) is 12.2. The largest absolute Gasteiger partial charge is 0.357 e. The van der Waals surface area contributed by atoms with Crippen molar-refractivity contribution in [2.24, 2.45) is 4.99 Å². The van der Waals surface area contributed by atoms with E-state index in [0.29, 0.717) is 18.0 Å². The second-order valence-corrected chi connectivity index (χ2v) is 8.26. The Morgan fingerprint density at radius 2 is 2.04 bits per heavy atom. The van der Waals surface area contributed by atoms with E-state index in [9.17, 15) is 8.42 Å². The van der Waals surface area contributed by atoms with Crippen LogP contribution in [0.4, 0.5) is 0 Å². The lowest BCUT2D eigenvalue weighted by atomic mass is 10.1. The minimum absolute atomic E-state index is 0.366. The van der Waals surface area contributed by atoms with Gasteiger partial charge in [-0.15, -0.1) is 0 Å². The molecule has 1 aromatic heterocycles. The van der Waals surface area contributed by atoms with E-state index in [1.165, 1.54) is 6.26 Å². The maximum absolute atomic E-state index is 11.7. The van der Waals surface area contributed by atoms with E-state index in [4.69, 9.17) is 0 Å². The summed E-state index contributed by atoms with van der Waals surface area (Å²) >= 11 is 0. The SMILES string of the molecule is CCNC(=NCc1ccc(S(C)(=O)=O)c(C)c1)NCCn1cc(C)cn1. The average Bonchev–Trinajstić information content (AvgIpc) is 2.97. The van der Waals surface area contributed by atoms with Gasteiger partial charge in [-0.3, -0.25) is 4.68 Å². The third kappa shape index (κ3) is 5.87. The van der Waals surface area contributed by atoms with E-state index in [0.717, 1.165) is 35.7 Å². The summed E-state index contributed by atoms with van der Waals surface area (Å²) < 4.78 is 25.3. The maximum atomic E-state index is 11.7. The molecule has 7 nitrogen and oxygen atoms in total. The van der Waals surface area contributed by atoms with E-state index >= 15 is 0 Å². The molecule has 2 N–H and O–H groups in total. The maximum Gasteiger partial charge on any atom is 0.191 e. The molecule has 8 heteroatoms. The molecule has 26 heavy (non-hydrogen) atoms. The predicted octanol–water partition coefficient (Wildman–Crippen LogP) is 1.66. The van der Waals surface area contributed by atoms with E-state index in [1.807, 2.05) is 43.1 Å². The Labute approximate surface area is 155 Å². The molecule has 0 unspecified atom stereocenters. The average molecular weight is 378 g/mol.